The topological polar surface area (TPSA) is 113 Å². The van der Waals surface area contributed by atoms with Gasteiger partial charge in [-0.3, -0.25) is 0 Å². The first-order chi connectivity index (χ1) is 13.7. The zero-order valence-corrected chi connectivity index (χ0v) is 14.8. The third kappa shape index (κ3) is 3.96. The SMILES string of the molecule is O=C(NCc1ccccc1)O[C@H](Cc1c[nH]c2ccccc12)c1n[nH]c(=O)o1. The molecule has 0 aliphatic carbocycles. The Hall–Kier alpha value is -3.81. The van der Waals surface area contributed by atoms with Gasteiger partial charge in [0.2, 0.25) is 0 Å². The van der Waals surface area contributed by atoms with Crippen molar-refractivity contribution in [1.82, 2.24) is 20.5 Å². The smallest absolute Gasteiger partial charge is 0.434 e. The van der Waals surface area contributed by atoms with Gasteiger partial charge in [-0.15, -0.1) is 5.10 Å². The molecule has 3 N–H and O–H groups in total. The molecule has 1 amide bonds. The molecule has 8 heteroatoms. The molecule has 0 spiro atoms. The van der Waals surface area contributed by atoms with Gasteiger partial charge in [-0.1, -0.05) is 48.5 Å². The number of ether oxygens (including phenoxy) is 1. The number of carbonyl (C=O) groups excluding carboxylic acids is 1. The number of H-pyrrole nitrogens is 2. The lowest BCUT2D eigenvalue weighted by atomic mass is 10.1. The molecule has 0 aliphatic rings. The quantitative estimate of drug-likeness (QED) is 0.477. The standard InChI is InChI=1S/C20H18N4O4/c25-19(22-11-13-6-2-1-3-7-13)27-17(18-23-24-20(26)28-18)10-14-12-21-16-9-5-4-8-15(14)16/h1-9,12,17,21H,10-11H2,(H,22,25)(H,24,26)/t17-/m1/s1. The lowest BCUT2D eigenvalue weighted by Gasteiger charge is -2.15. The van der Waals surface area contributed by atoms with Crippen molar-refractivity contribution >= 4 is 17.0 Å². The molecule has 28 heavy (non-hydrogen) atoms. The van der Waals surface area contributed by atoms with Crippen LogP contribution in [0.1, 0.15) is 23.1 Å². The van der Waals surface area contributed by atoms with Gasteiger partial charge in [0.05, 0.1) is 0 Å². The maximum absolute atomic E-state index is 12.3. The van der Waals surface area contributed by atoms with Crippen molar-refractivity contribution in [2.45, 2.75) is 19.1 Å². The summed E-state index contributed by atoms with van der Waals surface area (Å²) < 4.78 is 10.5. The summed E-state index contributed by atoms with van der Waals surface area (Å²) in [6.45, 7) is 0.323. The van der Waals surface area contributed by atoms with Crippen molar-refractivity contribution in [2.75, 3.05) is 0 Å². The first-order valence-electron chi connectivity index (χ1n) is 8.78. The fraction of sp³-hybridized carbons (Fsp3) is 0.150. The molecule has 0 fully saturated rings. The minimum atomic E-state index is -0.853. The predicted octanol–water partition coefficient (Wildman–Crippen LogP) is 3.05. The minimum Gasteiger partial charge on any atom is -0.436 e. The van der Waals surface area contributed by atoms with Crippen molar-refractivity contribution in [1.29, 1.82) is 0 Å². The Morgan fingerprint density at radius 1 is 1.14 bits per heavy atom. The number of nitrogens with one attached hydrogen (secondary N) is 3. The van der Waals surface area contributed by atoms with Crippen molar-refractivity contribution in [3.8, 4) is 0 Å². The molecule has 4 rings (SSSR count). The second-order valence-electron chi connectivity index (χ2n) is 6.25. The van der Waals surface area contributed by atoms with E-state index in [0.717, 1.165) is 22.0 Å². The molecule has 142 valence electrons. The molecule has 2 aromatic carbocycles. The average molecular weight is 378 g/mol. The van der Waals surface area contributed by atoms with Crippen LogP contribution < -0.4 is 11.1 Å². The Balaban J connectivity index is 1.51. The van der Waals surface area contributed by atoms with E-state index < -0.39 is 18.0 Å². The summed E-state index contributed by atoms with van der Waals surface area (Å²) in [6.07, 6.45) is 0.665. The Morgan fingerprint density at radius 3 is 2.71 bits per heavy atom. The highest BCUT2D eigenvalue weighted by atomic mass is 16.6. The molecule has 0 saturated heterocycles. The van der Waals surface area contributed by atoms with Gasteiger partial charge in [-0.25, -0.2) is 14.7 Å². The van der Waals surface area contributed by atoms with Gasteiger partial charge in [0.1, 0.15) is 0 Å². The molecule has 0 aliphatic heterocycles. The molecular weight excluding hydrogens is 360 g/mol. The number of benzene rings is 2. The minimum absolute atomic E-state index is 0.0187. The van der Waals surface area contributed by atoms with Crippen molar-refractivity contribution in [3.63, 3.8) is 0 Å². The normalized spacial score (nSPS) is 12.0. The number of hydrogen-bond acceptors (Lipinski definition) is 5. The molecule has 0 bridgehead atoms. The first-order valence-corrected chi connectivity index (χ1v) is 8.78. The summed E-state index contributed by atoms with van der Waals surface area (Å²) in [4.78, 5) is 26.8. The molecule has 1 atom stereocenters. The lowest BCUT2D eigenvalue weighted by Crippen LogP contribution is -2.26. The molecule has 0 saturated carbocycles. The highest BCUT2D eigenvalue weighted by molar-refractivity contribution is 5.83. The zero-order chi connectivity index (χ0) is 19.3. The van der Waals surface area contributed by atoms with Crippen LogP contribution in [-0.4, -0.2) is 21.3 Å². The van der Waals surface area contributed by atoms with Crippen LogP contribution in [-0.2, 0) is 17.7 Å². The van der Waals surface area contributed by atoms with Gasteiger partial charge in [-0.05, 0) is 17.2 Å². The number of carbonyl (C=O) groups is 1. The third-order valence-electron chi connectivity index (χ3n) is 4.34. The van der Waals surface area contributed by atoms with E-state index in [2.05, 4.69) is 20.5 Å². The van der Waals surface area contributed by atoms with Crippen LogP contribution in [0.25, 0.3) is 10.9 Å². The summed E-state index contributed by atoms with van der Waals surface area (Å²) in [5, 5.41) is 9.73. The van der Waals surface area contributed by atoms with Crippen LogP contribution in [0.2, 0.25) is 0 Å². The molecule has 0 radical (unpaired) electrons. The van der Waals surface area contributed by atoms with E-state index >= 15 is 0 Å². The number of nitrogens with zero attached hydrogens (tertiary/aromatic N) is 1. The van der Waals surface area contributed by atoms with E-state index in [1.807, 2.05) is 60.8 Å². The lowest BCUT2D eigenvalue weighted by molar-refractivity contribution is 0.0804. The Morgan fingerprint density at radius 2 is 1.93 bits per heavy atom. The van der Waals surface area contributed by atoms with Gasteiger partial charge in [-0.2, -0.15) is 0 Å². The summed E-state index contributed by atoms with van der Waals surface area (Å²) in [5.41, 5.74) is 2.83. The Bertz CT molecular complexity index is 1130. The number of aromatic amines is 2. The monoisotopic (exact) mass is 378 g/mol. The molecular formula is C20H18N4O4. The fourth-order valence-electron chi connectivity index (χ4n) is 3.00. The van der Waals surface area contributed by atoms with Crippen LogP contribution in [0.15, 0.2) is 70.0 Å². The maximum atomic E-state index is 12.3. The second kappa shape index (κ2) is 7.83. The van der Waals surface area contributed by atoms with Gasteiger partial charge >= 0.3 is 11.8 Å². The van der Waals surface area contributed by atoms with Gasteiger partial charge in [0, 0.05) is 30.1 Å². The highest BCUT2D eigenvalue weighted by Gasteiger charge is 2.24. The largest absolute Gasteiger partial charge is 0.436 e. The molecule has 2 aromatic heterocycles. The first kappa shape index (κ1) is 17.6. The van der Waals surface area contributed by atoms with Crippen LogP contribution >= 0.6 is 0 Å². The third-order valence-corrected chi connectivity index (χ3v) is 4.34. The highest BCUT2D eigenvalue weighted by Crippen LogP contribution is 2.25. The number of rotatable bonds is 6. The van der Waals surface area contributed by atoms with E-state index in [0.29, 0.717) is 13.0 Å². The van der Waals surface area contributed by atoms with E-state index in [1.54, 1.807) is 0 Å². The molecule has 4 aromatic rings. The molecule has 8 nitrogen and oxygen atoms in total. The molecule has 0 unspecified atom stereocenters. The van der Waals surface area contributed by atoms with E-state index in [9.17, 15) is 9.59 Å². The summed E-state index contributed by atoms with van der Waals surface area (Å²) in [5.74, 6) is -0.683. The Labute approximate surface area is 159 Å². The Kier molecular flexibility index (Phi) is 4.92. The summed E-state index contributed by atoms with van der Waals surface area (Å²) in [6, 6.07) is 17.3. The average Bonchev–Trinajstić information content (AvgIpc) is 3.33. The number of fused-ring (bicyclic) bond motifs is 1. The van der Waals surface area contributed by atoms with E-state index in [1.165, 1.54) is 0 Å². The van der Waals surface area contributed by atoms with Gasteiger partial charge in [0.25, 0.3) is 5.89 Å². The second-order valence-corrected chi connectivity index (χ2v) is 6.25. The number of aromatic nitrogens is 3. The van der Waals surface area contributed by atoms with Crippen molar-refractivity contribution in [3.05, 3.63) is 88.4 Å². The van der Waals surface area contributed by atoms with Gasteiger partial charge in [0.15, 0.2) is 6.10 Å². The number of hydrogen-bond donors (Lipinski definition) is 3. The van der Waals surface area contributed by atoms with E-state index in [-0.39, 0.29) is 5.89 Å². The van der Waals surface area contributed by atoms with Crippen LogP contribution in [0.5, 0.6) is 0 Å². The van der Waals surface area contributed by atoms with Crippen LogP contribution in [0, 0.1) is 0 Å². The van der Waals surface area contributed by atoms with Crippen molar-refractivity contribution in [2.24, 2.45) is 0 Å². The summed E-state index contributed by atoms with van der Waals surface area (Å²) in [7, 11) is 0. The number of para-hydroxylation sites is 1. The summed E-state index contributed by atoms with van der Waals surface area (Å²) >= 11 is 0. The van der Waals surface area contributed by atoms with Gasteiger partial charge < -0.3 is 19.5 Å². The predicted molar refractivity (Wildman–Crippen MR) is 102 cm³/mol. The van der Waals surface area contributed by atoms with Crippen molar-refractivity contribution < 1.29 is 13.9 Å². The van der Waals surface area contributed by atoms with Crippen LogP contribution in [0.4, 0.5) is 4.79 Å². The van der Waals surface area contributed by atoms with Crippen LogP contribution in [0.3, 0.4) is 0 Å². The maximum Gasteiger partial charge on any atom is 0.434 e. The number of alkyl carbamates (subject to hydrolysis) is 1. The fourth-order valence-corrected chi connectivity index (χ4v) is 3.00. The molecule has 2 heterocycles. The zero-order valence-electron chi connectivity index (χ0n) is 14.8. The van der Waals surface area contributed by atoms with E-state index in [4.69, 9.17) is 9.15 Å². The number of amides is 1.